The van der Waals surface area contributed by atoms with Crippen LogP contribution in [0.15, 0.2) is 0 Å². The van der Waals surface area contributed by atoms with Crippen molar-refractivity contribution in [2.24, 2.45) is 11.8 Å². The zero-order valence-corrected chi connectivity index (χ0v) is 9.71. The van der Waals surface area contributed by atoms with Crippen LogP contribution in [0.25, 0.3) is 0 Å². The third-order valence-electron chi connectivity index (χ3n) is 2.77. The Morgan fingerprint density at radius 3 is 2.43 bits per heavy atom. The van der Waals surface area contributed by atoms with Gasteiger partial charge in [0.05, 0.1) is 0 Å². The fraction of sp³-hybridized carbons (Fsp3) is 0.909. The minimum atomic E-state index is 0.0398. The van der Waals surface area contributed by atoms with E-state index in [9.17, 15) is 4.79 Å². The normalized spacial score (nSPS) is 25.8. The highest BCUT2D eigenvalue weighted by Crippen LogP contribution is 2.32. The number of urea groups is 1. The van der Waals surface area contributed by atoms with Gasteiger partial charge < -0.3 is 10.2 Å². The van der Waals surface area contributed by atoms with Gasteiger partial charge in [0.2, 0.25) is 0 Å². The van der Waals surface area contributed by atoms with E-state index in [2.05, 4.69) is 19.2 Å². The summed E-state index contributed by atoms with van der Waals surface area (Å²) in [5.41, 5.74) is 0. The molecule has 0 bridgehead atoms. The van der Waals surface area contributed by atoms with Crippen LogP contribution in [0.4, 0.5) is 4.79 Å². The van der Waals surface area contributed by atoms with E-state index in [1.54, 1.807) is 19.0 Å². The lowest BCUT2D eigenvalue weighted by Gasteiger charge is -2.37. The van der Waals surface area contributed by atoms with Crippen LogP contribution in [0.1, 0.15) is 33.1 Å². The minimum Gasteiger partial charge on any atom is -0.335 e. The summed E-state index contributed by atoms with van der Waals surface area (Å²) in [5.74, 6) is 1.62. The van der Waals surface area contributed by atoms with Crippen molar-refractivity contribution in [2.75, 3.05) is 14.1 Å². The van der Waals surface area contributed by atoms with Crippen molar-refractivity contribution >= 4 is 6.03 Å². The number of rotatable bonds is 3. The largest absolute Gasteiger partial charge is 0.335 e. The molecule has 0 aliphatic heterocycles. The number of amides is 2. The number of carbonyl (C=O) groups is 1. The Labute approximate surface area is 86.9 Å². The fourth-order valence-electron chi connectivity index (χ4n) is 2.02. The monoisotopic (exact) mass is 198 g/mol. The molecule has 1 aliphatic rings. The molecule has 3 heteroatoms. The second-order valence-corrected chi connectivity index (χ2v) is 5.01. The molecule has 14 heavy (non-hydrogen) atoms. The van der Waals surface area contributed by atoms with Crippen molar-refractivity contribution in [3.8, 4) is 0 Å². The number of hydrogen-bond acceptors (Lipinski definition) is 1. The van der Waals surface area contributed by atoms with Crippen LogP contribution < -0.4 is 5.32 Å². The predicted molar refractivity (Wildman–Crippen MR) is 58.2 cm³/mol. The molecule has 2 amide bonds. The highest BCUT2D eigenvalue weighted by atomic mass is 16.2. The highest BCUT2D eigenvalue weighted by molar-refractivity contribution is 5.73. The quantitative estimate of drug-likeness (QED) is 0.740. The first-order chi connectivity index (χ1) is 6.49. The number of hydrogen-bond donors (Lipinski definition) is 1. The van der Waals surface area contributed by atoms with Gasteiger partial charge in [-0.2, -0.15) is 0 Å². The first-order valence-corrected chi connectivity index (χ1v) is 5.47. The summed E-state index contributed by atoms with van der Waals surface area (Å²) >= 11 is 0. The number of nitrogens with one attached hydrogen (secondary N) is 1. The van der Waals surface area contributed by atoms with Crippen molar-refractivity contribution in [3.63, 3.8) is 0 Å². The molecule has 0 unspecified atom stereocenters. The molecule has 1 aliphatic carbocycles. The van der Waals surface area contributed by atoms with Gasteiger partial charge in [-0.15, -0.1) is 0 Å². The topological polar surface area (TPSA) is 32.3 Å². The van der Waals surface area contributed by atoms with Crippen molar-refractivity contribution in [3.05, 3.63) is 0 Å². The Hall–Kier alpha value is -0.730. The van der Waals surface area contributed by atoms with Crippen LogP contribution in [0.3, 0.4) is 0 Å². The van der Waals surface area contributed by atoms with Gasteiger partial charge in [-0.3, -0.25) is 0 Å². The Balaban J connectivity index is 2.13. The first kappa shape index (κ1) is 11.3. The molecule has 0 heterocycles. The summed E-state index contributed by atoms with van der Waals surface area (Å²) in [4.78, 5) is 12.9. The van der Waals surface area contributed by atoms with E-state index in [-0.39, 0.29) is 6.03 Å². The minimum absolute atomic E-state index is 0.0398. The predicted octanol–water partition coefficient (Wildman–Crippen LogP) is 2.08. The van der Waals surface area contributed by atoms with E-state index in [4.69, 9.17) is 0 Å². The van der Waals surface area contributed by atoms with Crippen molar-refractivity contribution in [2.45, 2.75) is 39.2 Å². The van der Waals surface area contributed by atoms with Gasteiger partial charge >= 0.3 is 6.03 Å². The molecule has 0 radical (unpaired) electrons. The maximum absolute atomic E-state index is 11.3. The standard InChI is InChI=1S/C11H22N2O/c1-8(2)5-9-6-10(7-9)12-11(14)13(3)4/h8-10H,5-7H2,1-4H3,(H,12,14)/t9-,10-. The van der Waals surface area contributed by atoms with Gasteiger partial charge in [0.1, 0.15) is 0 Å². The first-order valence-electron chi connectivity index (χ1n) is 5.47. The van der Waals surface area contributed by atoms with E-state index in [1.165, 1.54) is 6.42 Å². The Morgan fingerprint density at radius 1 is 1.43 bits per heavy atom. The fourth-order valence-corrected chi connectivity index (χ4v) is 2.02. The van der Waals surface area contributed by atoms with Crippen LogP contribution in [0.2, 0.25) is 0 Å². The number of carbonyl (C=O) groups excluding carboxylic acids is 1. The molecule has 3 nitrogen and oxygen atoms in total. The SMILES string of the molecule is CC(C)C[C@H]1C[C@H](NC(=O)N(C)C)C1. The summed E-state index contributed by atoms with van der Waals surface area (Å²) in [6.07, 6.45) is 3.63. The lowest BCUT2D eigenvalue weighted by molar-refractivity contribution is 0.172. The van der Waals surface area contributed by atoms with E-state index >= 15 is 0 Å². The Kier molecular flexibility index (Phi) is 3.78. The average molecular weight is 198 g/mol. The molecule has 1 rings (SSSR count). The Bertz CT molecular complexity index is 195. The van der Waals surface area contributed by atoms with Crippen molar-refractivity contribution in [1.82, 2.24) is 10.2 Å². The van der Waals surface area contributed by atoms with Crippen LogP contribution in [0, 0.1) is 11.8 Å². The summed E-state index contributed by atoms with van der Waals surface area (Å²) in [6, 6.07) is 0.464. The average Bonchev–Trinajstić information content (AvgIpc) is 1.99. The molecule has 1 N–H and O–H groups in total. The summed E-state index contributed by atoms with van der Waals surface area (Å²) < 4.78 is 0. The number of nitrogens with zero attached hydrogens (tertiary/aromatic N) is 1. The zero-order valence-electron chi connectivity index (χ0n) is 9.71. The maximum atomic E-state index is 11.3. The molecule has 82 valence electrons. The van der Waals surface area contributed by atoms with Gasteiger partial charge in [-0.25, -0.2) is 4.79 Å². The van der Waals surface area contributed by atoms with Crippen LogP contribution >= 0.6 is 0 Å². The second-order valence-electron chi connectivity index (χ2n) is 5.01. The molecular formula is C11H22N2O. The molecule has 1 fully saturated rings. The van der Waals surface area contributed by atoms with Gasteiger partial charge in [0.15, 0.2) is 0 Å². The van der Waals surface area contributed by atoms with Crippen LogP contribution in [-0.4, -0.2) is 31.1 Å². The van der Waals surface area contributed by atoms with E-state index in [0.717, 1.165) is 24.7 Å². The molecule has 0 aromatic rings. The zero-order chi connectivity index (χ0) is 10.7. The van der Waals surface area contributed by atoms with Gasteiger partial charge in [0.25, 0.3) is 0 Å². The molecule has 0 aromatic heterocycles. The molecule has 0 spiro atoms. The molecular weight excluding hydrogens is 176 g/mol. The molecule has 0 aromatic carbocycles. The lowest BCUT2D eigenvalue weighted by atomic mass is 9.76. The van der Waals surface area contributed by atoms with Crippen molar-refractivity contribution < 1.29 is 4.79 Å². The van der Waals surface area contributed by atoms with Crippen LogP contribution in [-0.2, 0) is 0 Å². The molecule has 1 saturated carbocycles. The van der Waals surface area contributed by atoms with Crippen molar-refractivity contribution in [1.29, 1.82) is 0 Å². The molecule has 0 saturated heterocycles. The van der Waals surface area contributed by atoms with Gasteiger partial charge in [-0.05, 0) is 31.1 Å². The highest BCUT2D eigenvalue weighted by Gasteiger charge is 2.30. The summed E-state index contributed by atoms with van der Waals surface area (Å²) in [5, 5.41) is 3.01. The smallest absolute Gasteiger partial charge is 0.317 e. The summed E-state index contributed by atoms with van der Waals surface area (Å²) in [7, 11) is 3.55. The second kappa shape index (κ2) is 4.67. The van der Waals surface area contributed by atoms with Gasteiger partial charge in [-0.1, -0.05) is 13.8 Å². The van der Waals surface area contributed by atoms with E-state index in [1.807, 2.05) is 0 Å². The maximum Gasteiger partial charge on any atom is 0.317 e. The third-order valence-corrected chi connectivity index (χ3v) is 2.77. The van der Waals surface area contributed by atoms with Gasteiger partial charge in [0, 0.05) is 20.1 Å². The third kappa shape index (κ3) is 3.20. The molecule has 0 atom stereocenters. The lowest BCUT2D eigenvalue weighted by Crippen LogP contribution is -2.48. The van der Waals surface area contributed by atoms with E-state index in [0.29, 0.717) is 6.04 Å². The van der Waals surface area contributed by atoms with Crippen LogP contribution in [0.5, 0.6) is 0 Å². The summed E-state index contributed by atoms with van der Waals surface area (Å²) in [6.45, 7) is 4.51. The Morgan fingerprint density at radius 2 is 2.00 bits per heavy atom. The van der Waals surface area contributed by atoms with E-state index < -0.39 is 0 Å².